The van der Waals surface area contributed by atoms with Crippen LogP contribution in [0.25, 0.3) is 0 Å². The molecule has 0 aliphatic heterocycles. The van der Waals surface area contributed by atoms with Gasteiger partial charge in [-0.05, 0) is 32.3 Å². The Kier molecular flexibility index (Phi) is 12.5. The monoisotopic (exact) mass is 592 g/mol. The van der Waals surface area contributed by atoms with Crippen LogP contribution in [0.4, 0.5) is 0 Å². The summed E-state index contributed by atoms with van der Waals surface area (Å²) < 4.78 is 5.70. The average Bonchev–Trinajstić information content (AvgIpc) is 3.07. The van der Waals surface area contributed by atoms with E-state index in [1.807, 2.05) is 52.0 Å². The van der Waals surface area contributed by atoms with Gasteiger partial charge in [0, 0.05) is 40.3 Å². The summed E-state index contributed by atoms with van der Waals surface area (Å²) in [6.45, 7) is 7.52. The van der Waals surface area contributed by atoms with E-state index in [2.05, 4.69) is 0 Å². The van der Waals surface area contributed by atoms with Crippen molar-refractivity contribution in [1.29, 1.82) is 0 Å². The lowest BCUT2D eigenvalue weighted by atomic mass is 9.92. The Balaban J connectivity index is 0.000000249. The third-order valence-electron chi connectivity index (χ3n) is 7.38. The average molecular weight is 593 g/mol. The van der Waals surface area contributed by atoms with Crippen molar-refractivity contribution in [2.24, 2.45) is 5.92 Å². The Labute approximate surface area is 259 Å². The molecule has 1 unspecified atom stereocenters. The molecule has 228 valence electrons. The van der Waals surface area contributed by atoms with Crippen molar-refractivity contribution in [3.05, 3.63) is 143 Å². The van der Waals surface area contributed by atoms with Gasteiger partial charge < -0.3 is 9.84 Å². The summed E-state index contributed by atoms with van der Waals surface area (Å²) in [5.41, 5.74) is 2.05. The number of carbonyl (C=O) groups excluding carboxylic acids is 4. The lowest BCUT2D eigenvalue weighted by Crippen LogP contribution is -2.32. The minimum Gasteiger partial charge on any atom is -0.456 e. The summed E-state index contributed by atoms with van der Waals surface area (Å²) in [6, 6.07) is 31.6. The molecule has 6 heteroatoms. The van der Waals surface area contributed by atoms with E-state index in [9.17, 15) is 19.2 Å². The number of hydrogen-bond acceptors (Lipinski definition) is 6. The van der Waals surface area contributed by atoms with E-state index in [1.54, 1.807) is 84.9 Å². The zero-order chi connectivity index (χ0) is 32.1. The smallest absolute Gasteiger partial charge is 0.339 e. The number of hydrogen-bond donors (Lipinski definition) is 1. The molecule has 6 nitrogen and oxygen atoms in total. The van der Waals surface area contributed by atoms with Gasteiger partial charge in [0.1, 0.15) is 5.60 Å². The van der Waals surface area contributed by atoms with Crippen molar-refractivity contribution in [3.8, 4) is 0 Å². The van der Waals surface area contributed by atoms with Crippen molar-refractivity contribution >= 4 is 23.3 Å². The molecule has 1 N–H and O–H groups in total. The summed E-state index contributed by atoms with van der Waals surface area (Å²) in [4.78, 5) is 50.0. The molecule has 0 aliphatic carbocycles. The molecule has 4 aromatic carbocycles. The van der Waals surface area contributed by atoms with Crippen LogP contribution in [-0.2, 0) is 4.74 Å². The zero-order valence-corrected chi connectivity index (χ0v) is 25.8. The molecule has 0 saturated carbocycles. The third kappa shape index (κ3) is 8.91. The van der Waals surface area contributed by atoms with E-state index in [0.29, 0.717) is 47.1 Å². The van der Waals surface area contributed by atoms with Gasteiger partial charge in [-0.1, -0.05) is 124 Å². The van der Waals surface area contributed by atoms with E-state index >= 15 is 0 Å². The number of Topliss-reactive ketones (excluding diaryl/α,β-unsaturated/α-hetero) is 1. The van der Waals surface area contributed by atoms with Crippen molar-refractivity contribution < 1.29 is 29.0 Å². The summed E-state index contributed by atoms with van der Waals surface area (Å²) in [5, 5.41) is 9.03. The molecule has 0 heterocycles. The van der Waals surface area contributed by atoms with Crippen LogP contribution in [0.2, 0.25) is 0 Å². The van der Waals surface area contributed by atoms with E-state index in [-0.39, 0.29) is 35.4 Å². The topological polar surface area (TPSA) is 97.7 Å². The maximum Gasteiger partial charge on any atom is 0.339 e. The van der Waals surface area contributed by atoms with Gasteiger partial charge in [0.2, 0.25) is 0 Å². The Bertz CT molecular complexity index is 1560. The Morgan fingerprint density at radius 1 is 0.659 bits per heavy atom. The molecule has 0 radical (unpaired) electrons. The lowest BCUT2D eigenvalue weighted by Gasteiger charge is -2.28. The SMILES string of the molecule is CC(C)C(=O)c1ccccc1C(=O)c1ccccc1.CCC(C)(CCCO)OC(=O)c1ccccc1C(=O)c1ccccc1. The van der Waals surface area contributed by atoms with Crippen LogP contribution < -0.4 is 0 Å². The lowest BCUT2D eigenvalue weighted by molar-refractivity contribution is -0.0180. The second-order valence-electron chi connectivity index (χ2n) is 11.0. The van der Waals surface area contributed by atoms with Gasteiger partial charge in [-0.2, -0.15) is 0 Å². The number of ether oxygens (including phenoxy) is 1. The minimum atomic E-state index is -0.664. The Hall–Kier alpha value is -4.68. The van der Waals surface area contributed by atoms with Crippen molar-refractivity contribution in [2.75, 3.05) is 6.61 Å². The molecular weight excluding hydrogens is 552 g/mol. The number of esters is 1. The highest BCUT2D eigenvalue weighted by Crippen LogP contribution is 2.25. The predicted octanol–water partition coefficient (Wildman–Crippen LogP) is 7.77. The van der Waals surface area contributed by atoms with Crippen molar-refractivity contribution in [1.82, 2.24) is 0 Å². The molecule has 4 rings (SSSR count). The number of aliphatic hydroxyl groups excluding tert-OH is 1. The quantitative estimate of drug-likeness (QED) is 0.133. The number of carbonyl (C=O) groups is 4. The van der Waals surface area contributed by atoms with Gasteiger partial charge >= 0.3 is 5.97 Å². The number of rotatable bonds is 12. The standard InChI is InChI=1S/C21H24O4.C17H16O2/c1-3-21(2,14-9-15-22)25-20(24)18-13-8-7-12-17(18)19(23)16-10-5-4-6-11-16;1-12(2)16(18)14-10-6-7-11-15(14)17(19)13-8-4-3-5-9-13/h4-8,10-13,22H,3,9,14-15H2,1-2H3;3-12H,1-2H3. The molecule has 0 spiro atoms. The van der Waals surface area contributed by atoms with Crippen LogP contribution in [0, 0.1) is 5.92 Å². The molecule has 0 amide bonds. The van der Waals surface area contributed by atoms with Gasteiger partial charge in [-0.3, -0.25) is 14.4 Å². The molecule has 0 aliphatic rings. The van der Waals surface area contributed by atoms with E-state index in [0.717, 1.165) is 0 Å². The van der Waals surface area contributed by atoms with Crippen LogP contribution in [0.1, 0.15) is 99.5 Å². The fraction of sp³-hybridized carbons (Fsp3) is 0.263. The molecule has 4 aromatic rings. The van der Waals surface area contributed by atoms with E-state index in [4.69, 9.17) is 9.84 Å². The fourth-order valence-corrected chi connectivity index (χ4v) is 4.59. The molecule has 0 bridgehead atoms. The molecular formula is C38H40O6. The van der Waals surface area contributed by atoms with Crippen LogP contribution >= 0.6 is 0 Å². The number of ketones is 3. The predicted molar refractivity (Wildman–Crippen MR) is 172 cm³/mol. The maximum atomic E-state index is 12.7. The second kappa shape index (κ2) is 16.2. The highest BCUT2D eigenvalue weighted by Gasteiger charge is 2.29. The summed E-state index contributed by atoms with van der Waals surface area (Å²) in [5.74, 6) is -0.946. The van der Waals surface area contributed by atoms with Crippen LogP contribution in [-0.4, -0.2) is 40.6 Å². The van der Waals surface area contributed by atoms with Crippen molar-refractivity contribution in [2.45, 2.75) is 52.6 Å². The molecule has 44 heavy (non-hydrogen) atoms. The van der Waals surface area contributed by atoms with E-state index < -0.39 is 11.6 Å². The van der Waals surface area contributed by atoms with Gasteiger partial charge in [0.25, 0.3) is 0 Å². The van der Waals surface area contributed by atoms with Crippen LogP contribution in [0.3, 0.4) is 0 Å². The van der Waals surface area contributed by atoms with Crippen LogP contribution in [0.5, 0.6) is 0 Å². The number of benzene rings is 4. The van der Waals surface area contributed by atoms with Gasteiger partial charge in [0.05, 0.1) is 5.56 Å². The second-order valence-corrected chi connectivity index (χ2v) is 11.0. The molecule has 0 fully saturated rings. The summed E-state index contributed by atoms with van der Waals surface area (Å²) in [7, 11) is 0. The zero-order valence-electron chi connectivity index (χ0n) is 25.8. The Morgan fingerprint density at radius 3 is 1.50 bits per heavy atom. The molecule has 0 aromatic heterocycles. The van der Waals surface area contributed by atoms with Gasteiger partial charge in [0.15, 0.2) is 17.3 Å². The fourth-order valence-electron chi connectivity index (χ4n) is 4.59. The highest BCUT2D eigenvalue weighted by atomic mass is 16.6. The summed E-state index contributed by atoms with van der Waals surface area (Å²) >= 11 is 0. The Morgan fingerprint density at radius 2 is 1.07 bits per heavy atom. The number of aliphatic hydroxyl groups is 1. The normalized spacial score (nSPS) is 12.0. The first-order chi connectivity index (χ1) is 21.1. The van der Waals surface area contributed by atoms with E-state index in [1.165, 1.54) is 0 Å². The first-order valence-electron chi connectivity index (χ1n) is 14.9. The molecule has 1 atom stereocenters. The summed E-state index contributed by atoms with van der Waals surface area (Å²) in [6.07, 6.45) is 1.76. The first kappa shape index (κ1) is 33.8. The largest absolute Gasteiger partial charge is 0.456 e. The van der Waals surface area contributed by atoms with Gasteiger partial charge in [-0.25, -0.2) is 4.79 Å². The van der Waals surface area contributed by atoms with Crippen molar-refractivity contribution in [3.63, 3.8) is 0 Å². The first-order valence-corrected chi connectivity index (χ1v) is 14.9. The third-order valence-corrected chi connectivity index (χ3v) is 7.38. The minimum absolute atomic E-state index is 0.000110. The maximum absolute atomic E-state index is 12.7. The van der Waals surface area contributed by atoms with Gasteiger partial charge in [-0.15, -0.1) is 0 Å². The highest BCUT2D eigenvalue weighted by molar-refractivity contribution is 6.16. The molecule has 0 saturated heterocycles. The van der Waals surface area contributed by atoms with Crippen LogP contribution in [0.15, 0.2) is 109 Å².